The van der Waals surface area contributed by atoms with Gasteiger partial charge in [0.2, 0.25) is 20.7 Å². The molecule has 0 bridgehead atoms. The van der Waals surface area contributed by atoms with Gasteiger partial charge in [-0.1, -0.05) is 29.3 Å². The maximum atomic E-state index is 13.5. The van der Waals surface area contributed by atoms with Gasteiger partial charge in [-0.15, -0.1) is 0 Å². The number of nitrogens with zero attached hydrogens (tertiary/aromatic N) is 3. The lowest BCUT2D eigenvalue weighted by atomic mass is 10.2. The molecule has 37 heavy (non-hydrogen) atoms. The second kappa shape index (κ2) is 10.3. The van der Waals surface area contributed by atoms with Gasteiger partial charge in [-0.3, -0.25) is 4.79 Å². The van der Waals surface area contributed by atoms with Gasteiger partial charge in [0.25, 0.3) is 11.8 Å². The van der Waals surface area contributed by atoms with Crippen molar-refractivity contribution in [3.8, 4) is 17.4 Å². The van der Waals surface area contributed by atoms with Gasteiger partial charge in [0.15, 0.2) is 12.4 Å². The van der Waals surface area contributed by atoms with Crippen LogP contribution >= 0.6 is 11.6 Å². The number of oxazole rings is 1. The first-order chi connectivity index (χ1) is 17.8. The first-order valence-corrected chi connectivity index (χ1v) is 13.4. The summed E-state index contributed by atoms with van der Waals surface area (Å²) in [6.07, 6.45) is 1.45. The number of ether oxygens (including phenoxy) is 1. The normalized spacial score (nSPS) is 14.1. The van der Waals surface area contributed by atoms with E-state index >= 15 is 0 Å². The molecule has 3 heterocycles. The number of rotatable bonds is 7. The molecular weight excluding hydrogens is 518 g/mol. The van der Waals surface area contributed by atoms with Crippen molar-refractivity contribution in [3.05, 3.63) is 77.5 Å². The Labute approximate surface area is 219 Å². The second-order valence-corrected chi connectivity index (χ2v) is 10.8. The average Bonchev–Trinajstić information content (AvgIpc) is 3.59. The highest BCUT2D eigenvalue weighted by atomic mass is 35.5. The molecule has 4 aromatic rings. The van der Waals surface area contributed by atoms with Crippen molar-refractivity contribution in [2.45, 2.75) is 16.8 Å². The van der Waals surface area contributed by atoms with Gasteiger partial charge in [-0.05, 0) is 55.5 Å². The van der Waals surface area contributed by atoms with E-state index in [1.54, 1.807) is 21.9 Å². The van der Waals surface area contributed by atoms with Crippen LogP contribution in [-0.2, 0) is 14.6 Å². The van der Waals surface area contributed by atoms with Crippen molar-refractivity contribution >= 4 is 33.2 Å². The minimum absolute atomic E-state index is 0.0412. The number of piperazine rings is 1. The van der Waals surface area contributed by atoms with Crippen LogP contribution in [0, 0.1) is 6.92 Å². The van der Waals surface area contributed by atoms with Gasteiger partial charge < -0.3 is 23.4 Å². The monoisotopic (exact) mass is 541 g/mol. The molecule has 1 saturated heterocycles. The fourth-order valence-electron chi connectivity index (χ4n) is 3.93. The Morgan fingerprint density at radius 3 is 2.38 bits per heavy atom. The van der Waals surface area contributed by atoms with Crippen LogP contribution in [0.25, 0.3) is 11.7 Å². The quantitative estimate of drug-likeness (QED) is 0.338. The van der Waals surface area contributed by atoms with Crippen molar-refractivity contribution in [1.82, 2.24) is 9.88 Å². The summed E-state index contributed by atoms with van der Waals surface area (Å²) < 4.78 is 43.9. The minimum Gasteiger partial charge on any atom is -0.484 e. The Morgan fingerprint density at radius 1 is 1.03 bits per heavy atom. The maximum absolute atomic E-state index is 13.5. The van der Waals surface area contributed by atoms with E-state index in [0.717, 1.165) is 5.56 Å². The van der Waals surface area contributed by atoms with Gasteiger partial charge in [0, 0.05) is 31.2 Å². The number of aromatic nitrogens is 1. The zero-order valence-electron chi connectivity index (χ0n) is 20.0. The largest absolute Gasteiger partial charge is 0.484 e. The van der Waals surface area contributed by atoms with Gasteiger partial charge >= 0.3 is 0 Å². The molecule has 192 valence electrons. The Balaban J connectivity index is 1.34. The number of amides is 1. The highest BCUT2D eigenvalue weighted by Gasteiger charge is 2.34. The first kappa shape index (κ1) is 24.9. The highest BCUT2D eigenvalue weighted by Crippen LogP contribution is 2.35. The molecule has 2 aromatic heterocycles. The predicted molar refractivity (Wildman–Crippen MR) is 137 cm³/mol. The van der Waals surface area contributed by atoms with Crippen LogP contribution in [-0.4, -0.2) is 57.0 Å². The van der Waals surface area contributed by atoms with E-state index in [-0.39, 0.29) is 34.2 Å². The summed E-state index contributed by atoms with van der Waals surface area (Å²) in [5, 5.41) is 0.200. The van der Waals surface area contributed by atoms with Crippen LogP contribution in [0.15, 0.2) is 85.7 Å². The van der Waals surface area contributed by atoms with Gasteiger partial charge in [-0.25, -0.2) is 8.42 Å². The van der Waals surface area contributed by atoms with E-state index < -0.39 is 9.84 Å². The molecule has 1 fully saturated rings. The SMILES string of the molecule is Cc1ccc(OCC(=O)N2CCN(c3oc(-c4ccco4)nc3S(=O)(=O)c3ccc(Cl)cc3)CC2)cc1. The molecule has 0 N–H and O–H groups in total. The minimum atomic E-state index is -4.03. The maximum Gasteiger partial charge on any atom is 0.266 e. The molecule has 0 aliphatic carbocycles. The molecule has 11 heteroatoms. The number of hydrogen-bond donors (Lipinski definition) is 0. The first-order valence-electron chi connectivity index (χ1n) is 11.6. The summed E-state index contributed by atoms with van der Waals surface area (Å²) in [7, 11) is -4.03. The van der Waals surface area contributed by atoms with Crippen LogP contribution < -0.4 is 9.64 Å². The van der Waals surface area contributed by atoms with E-state index in [4.69, 9.17) is 25.2 Å². The van der Waals surface area contributed by atoms with Crippen molar-refractivity contribution < 1.29 is 26.8 Å². The standard InChI is InChI=1S/C26H24ClN3O6S/c1-18-4-8-20(9-5-18)35-17-23(31)29-12-14-30(15-13-29)26-25(28-24(36-26)22-3-2-16-34-22)37(32,33)21-10-6-19(27)7-11-21/h2-11,16H,12-15,17H2,1H3. The fourth-order valence-corrected chi connectivity index (χ4v) is 5.38. The van der Waals surface area contributed by atoms with Gasteiger partial charge in [-0.2, -0.15) is 4.98 Å². The number of anilines is 1. The molecule has 0 saturated carbocycles. The van der Waals surface area contributed by atoms with Gasteiger partial charge in [0.1, 0.15) is 5.75 Å². The summed E-state index contributed by atoms with van der Waals surface area (Å²) in [5.74, 6) is 0.938. The van der Waals surface area contributed by atoms with Crippen LogP contribution in [0.1, 0.15) is 5.56 Å². The van der Waals surface area contributed by atoms with E-state index in [1.807, 2.05) is 31.2 Å². The number of halogens is 1. The predicted octanol–water partition coefficient (Wildman–Crippen LogP) is 4.46. The van der Waals surface area contributed by atoms with Crippen LogP contribution in [0.4, 0.5) is 5.88 Å². The lowest BCUT2D eigenvalue weighted by Crippen LogP contribution is -2.50. The number of aryl methyl sites for hydroxylation is 1. The van der Waals surface area contributed by atoms with E-state index in [0.29, 0.717) is 42.7 Å². The number of hydrogen-bond acceptors (Lipinski definition) is 8. The molecule has 1 aliphatic heterocycles. The third kappa shape index (κ3) is 5.35. The second-order valence-electron chi connectivity index (χ2n) is 8.53. The Hall–Kier alpha value is -3.76. The molecule has 1 aliphatic rings. The van der Waals surface area contributed by atoms with Crippen molar-refractivity contribution in [1.29, 1.82) is 0 Å². The molecule has 2 aromatic carbocycles. The van der Waals surface area contributed by atoms with Crippen LogP contribution in [0.5, 0.6) is 5.75 Å². The number of carbonyl (C=O) groups is 1. The third-order valence-corrected chi connectivity index (χ3v) is 7.91. The van der Waals surface area contributed by atoms with Crippen molar-refractivity contribution in [2.24, 2.45) is 0 Å². The molecule has 1 amide bonds. The van der Waals surface area contributed by atoms with Crippen molar-refractivity contribution in [3.63, 3.8) is 0 Å². The smallest absolute Gasteiger partial charge is 0.266 e. The zero-order valence-corrected chi connectivity index (χ0v) is 21.5. The van der Waals surface area contributed by atoms with E-state index in [2.05, 4.69) is 4.98 Å². The summed E-state index contributed by atoms with van der Waals surface area (Å²) in [6.45, 7) is 3.34. The summed E-state index contributed by atoms with van der Waals surface area (Å²) >= 11 is 5.94. The molecule has 9 nitrogen and oxygen atoms in total. The zero-order chi connectivity index (χ0) is 26.0. The molecule has 5 rings (SSSR count). The Morgan fingerprint density at radius 2 is 1.73 bits per heavy atom. The lowest BCUT2D eigenvalue weighted by molar-refractivity contribution is -0.133. The van der Waals surface area contributed by atoms with Crippen LogP contribution in [0.2, 0.25) is 5.02 Å². The number of furan rings is 1. The third-order valence-electron chi connectivity index (χ3n) is 5.99. The Bertz CT molecular complexity index is 1470. The molecule has 0 atom stereocenters. The summed E-state index contributed by atoms with van der Waals surface area (Å²) in [4.78, 5) is 20.5. The Kier molecular flexibility index (Phi) is 6.94. The fraction of sp³-hybridized carbons (Fsp3) is 0.231. The number of benzene rings is 2. The molecular formula is C26H24ClN3O6S. The highest BCUT2D eigenvalue weighted by molar-refractivity contribution is 7.91. The topological polar surface area (TPSA) is 106 Å². The summed E-state index contributed by atoms with van der Waals surface area (Å²) in [5.41, 5.74) is 1.11. The number of carbonyl (C=O) groups excluding carboxylic acids is 1. The lowest BCUT2D eigenvalue weighted by Gasteiger charge is -2.34. The van der Waals surface area contributed by atoms with Crippen molar-refractivity contribution in [2.75, 3.05) is 37.7 Å². The molecule has 0 unspecified atom stereocenters. The number of sulfone groups is 1. The van der Waals surface area contributed by atoms with E-state index in [1.165, 1.54) is 30.5 Å². The van der Waals surface area contributed by atoms with E-state index in [9.17, 15) is 13.2 Å². The van der Waals surface area contributed by atoms with Crippen LogP contribution in [0.3, 0.4) is 0 Å². The van der Waals surface area contributed by atoms with Gasteiger partial charge in [0.05, 0.1) is 11.2 Å². The average molecular weight is 542 g/mol. The molecule has 0 spiro atoms. The molecule has 0 radical (unpaired) electrons. The summed E-state index contributed by atoms with van der Waals surface area (Å²) in [6, 6.07) is 16.6.